The van der Waals surface area contributed by atoms with Gasteiger partial charge >= 0.3 is 19.8 Å². The Kier molecular flexibility index (Phi) is 41.2. The molecule has 3 atom stereocenters. The van der Waals surface area contributed by atoms with Gasteiger partial charge in [-0.3, -0.25) is 14.1 Å². The van der Waals surface area contributed by atoms with Crippen molar-refractivity contribution in [2.45, 2.75) is 212 Å². The predicted molar refractivity (Wildman–Crippen MR) is 246 cm³/mol. The number of carbonyl (C=O) groups is 2. The van der Waals surface area contributed by atoms with Crippen molar-refractivity contribution in [1.29, 1.82) is 0 Å². The molecule has 0 aromatic heterocycles. The van der Waals surface area contributed by atoms with Crippen LogP contribution in [0.3, 0.4) is 0 Å². The lowest BCUT2D eigenvalue weighted by molar-refractivity contribution is -0.161. The van der Waals surface area contributed by atoms with E-state index in [9.17, 15) is 24.4 Å². The first-order chi connectivity index (χ1) is 29.1. The molecule has 4 N–H and O–H groups in total. The van der Waals surface area contributed by atoms with Crippen LogP contribution >= 0.6 is 7.82 Å². The van der Waals surface area contributed by atoms with E-state index in [1.165, 1.54) is 109 Å². The standard InChI is InChI=1S/C49H85O10P/c1-3-5-7-8-9-10-11-12-13-14-15-16-17-18-19-20-21-22-23-28-36-42-49(53)59-47(44-58-60(54,55)56)43-57-48(52)41-35-27-25-24-26-32-38-46(51)40-34-30-29-33-39-45(50)37-31-6-4-2/h6,25-27,29-34,39-40,45-47,50-51H,3-5,7-24,28,35-38,41-44H2,1-2H3,(H2,54,55,56)/b27-25-,30-29-,31-6-,32-26-,39-33+,40-34+/t45-,46+,47-/m1/s1. The number of ether oxygens (including phenoxy) is 2. The van der Waals surface area contributed by atoms with Gasteiger partial charge in [-0.25, -0.2) is 4.57 Å². The highest BCUT2D eigenvalue weighted by Crippen LogP contribution is 2.36. The molecule has 0 aromatic rings. The average molecular weight is 865 g/mol. The minimum Gasteiger partial charge on any atom is -0.462 e. The third-order valence-electron chi connectivity index (χ3n) is 9.92. The van der Waals surface area contributed by atoms with Gasteiger partial charge in [-0.15, -0.1) is 0 Å². The third kappa shape index (κ3) is 44.9. The quantitative estimate of drug-likeness (QED) is 0.0153. The van der Waals surface area contributed by atoms with Gasteiger partial charge in [0, 0.05) is 12.8 Å². The van der Waals surface area contributed by atoms with Gasteiger partial charge in [0.15, 0.2) is 6.10 Å². The summed E-state index contributed by atoms with van der Waals surface area (Å²) in [6, 6.07) is 0. The van der Waals surface area contributed by atoms with Crippen molar-refractivity contribution < 1.29 is 48.2 Å². The first kappa shape index (κ1) is 57.4. The van der Waals surface area contributed by atoms with Gasteiger partial charge in [0.05, 0.1) is 18.8 Å². The second-order valence-electron chi connectivity index (χ2n) is 15.8. The maximum absolute atomic E-state index is 12.5. The molecule has 0 saturated carbocycles. The molecule has 0 aliphatic carbocycles. The molecular formula is C49H85O10P. The molecule has 0 bridgehead atoms. The molecule has 0 unspecified atom stereocenters. The Morgan fingerprint density at radius 3 is 1.45 bits per heavy atom. The Hall–Kier alpha value is -2.59. The number of allylic oxidation sites excluding steroid dienone is 8. The third-order valence-corrected chi connectivity index (χ3v) is 10.4. The summed E-state index contributed by atoms with van der Waals surface area (Å²) in [7, 11) is -4.80. The molecule has 0 heterocycles. The van der Waals surface area contributed by atoms with Gasteiger partial charge in [-0.2, -0.15) is 0 Å². The number of phosphoric ester groups is 1. The van der Waals surface area contributed by atoms with Crippen molar-refractivity contribution >= 4 is 19.8 Å². The van der Waals surface area contributed by atoms with Crippen molar-refractivity contribution in [3.63, 3.8) is 0 Å². The summed E-state index contributed by atoms with van der Waals surface area (Å²) >= 11 is 0. The maximum atomic E-state index is 12.5. The Labute approximate surface area is 365 Å². The Morgan fingerprint density at radius 2 is 0.983 bits per heavy atom. The molecule has 0 rings (SSSR count). The topological polar surface area (TPSA) is 160 Å². The smallest absolute Gasteiger partial charge is 0.462 e. The summed E-state index contributed by atoms with van der Waals surface area (Å²) in [5, 5.41) is 19.9. The van der Waals surface area contributed by atoms with Crippen LogP contribution in [0.4, 0.5) is 0 Å². The van der Waals surface area contributed by atoms with Gasteiger partial charge in [0.2, 0.25) is 0 Å². The highest BCUT2D eigenvalue weighted by molar-refractivity contribution is 7.46. The van der Waals surface area contributed by atoms with Gasteiger partial charge in [-0.1, -0.05) is 215 Å². The van der Waals surface area contributed by atoms with Crippen LogP contribution in [0.2, 0.25) is 0 Å². The zero-order chi connectivity index (χ0) is 44.2. The van der Waals surface area contributed by atoms with Gasteiger partial charge in [0.25, 0.3) is 0 Å². The van der Waals surface area contributed by atoms with E-state index in [4.69, 9.17) is 19.3 Å². The number of esters is 2. The van der Waals surface area contributed by atoms with Crippen molar-refractivity contribution in [2.24, 2.45) is 0 Å². The van der Waals surface area contributed by atoms with Crippen LogP contribution in [0, 0.1) is 0 Å². The number of hydrogen-bond donors (Lipinski definition) is 4. The lowest BCUT2D eigenvalue weighted by atomic mass is 10.0. The van der Waals surface area contributed by atoms with E-state index in [0.717, 1.165) is 25.7 Å². The highest BCUT2D eigenvalue weighted by atomic mass is 31.2. The Balaban J connectivity index is 4.06. The van der Waals surface area contributed by atoms with Crippen molar-refractivity contribution in [3.05, 3.63) is 72.9 Å². The molecule has 346 valence electrons. The summed E-state index contributed by atoms with van der Waals surface area (Å²) in [6.07, 6.45) is 49.9. The van der Waals surface area contributed by atoms with Crippen molar-refractivity contribution in [3.8, 4) is 0 Å². The SMILES string of the molecule is CC/C=C\C[C@@H](O)/C=C/C=C\C=C\[C@@H](O)C/C=C\C/C=C\CCC(=O)OC[C@H](COP(=O)(O)O)OC(=O)CCCCCCCCCCCCCCCCCCCCCCC. The fraction of sp³-hybridized carbons (Fsp3) is 0.714. The summed E-state index contributed by atoms with van der Waals surface area (Å²) in [5.41, 5.74) is 0. The molecule has 0 fully saturated rings. The molecule has 0 amide bonds. The lowest BCUT2D eigenvalue weighted by Crippen LogP contribution is -2.29. The number of hydrogen-bond acceptors (Lipinski definition) is 8. The van der Waals surface area contributed by atoms with Crippen molar-refractivity contribution in [2.75, 3.05) is 13.2 Å². The first-order valence-electron chi connectivity index (χ1n) is 23.4. The second-order valence-corrected chi connectivity index (χ2v) is 17.0. The highest BCUT2D eigenvalue weighted by Gasteiger charge is 2.22. The zero-order valence-electron chi connectivity index (χ0n) is 37.6. The Morgan fingerprint density at radius 1 is 0.533 bits per heavy atom. The predicted octanol–water partition coefficient (Wildman–Crippen LogP) is 12.6. The van der Waals surface area contributed by atoms with Gasteiger partial charge in [0.1, 0.15) is 6.61 Å². The average Bonchev–Trinajstić information content (AvgIpc) is 3.21. The summed E-state index contributed by atoms with van der Waals surface area (Å²) in [6.45, 7) is 3.37. The monoisotopic (exact) mass is 865 g/mol. The van der Waals surface area contributed by atoms with Crippen LogP contribution in [-0.2, 0) is 28.2 Å². The van der Waals surface area contributed by atoms with E-state index >= 15 is 0 Å². The van der Waals surface area contributed by atoms with Crippen molar-refractivity contribution in [1.82, 2.24) is 0 Å². The Bertz CT molecular complexity index is 1230. The fourth-order valence-electron chi connectivity index (χ4n) is 6.40. The second kappa shape index (κ2) is 43.1. The largest absolute Gasteiger partial charge is 0.469 e. The van der Waals surface area contributed by atoms with Crippen LogP contribution in [0.25, 0.3) is 0 Å². The molecule has 0 saturated heterocycles. The molecule has 11 heteroatoms. The van der Waals surface area contributed by atoms with Gasteiger partial charge < -0.3 is 29.5 Å². The van der Waals surface area contributed by atoms with Crippen LogP contribution in [0.1, 0.15) is 194 Å². The number of rotatable bonds is 42. The van der Waals surface area contributed by atoms with Crippen LogP contribution in [0.15, 0.2) is 72.9 Å². The number of aliphatic hydroxyl groups excluding tert-OH is 2. The molecule has 0 aliphatic heterocycles. The summed E-state index contributed by atoms with van der Waals surface area (Å²) in [5.74, 6) is -1.05. The number of aliphatic hydroxyl groups is 2. The molecule has 60 heavy (non-hydrogen) atoms. The minimum atomic E-state index is -4.80. The van der Waals surface area contributed by atoms with E-state index in [-0.39, 0.29) is 19.4 Å². The van der Waals surface area contributed by atoms with E-state index in [0.29, 0.717) is 32.1 Å². The number of carbonyl (C=O) groups excluding carboxylic acids is 2. The van der Waals surface area contributed by atoms with E-state index in [1.807, 2.05) is 43.4 Å². The molecular weight excluding hydrogens is 780 g/mol. The molecule has 0 aromatic carbocycles. The van der Waals surface area contributed by atoms with E-state index in [1.54, 1.807) is 36.5 Å². The minimum absolute atomic E-state index is 0.0841. The molecule has 0 aliphatic rings. The van der Waals surface area contributed by atoms with Crippen LogP contribution in [-0.4, -0.2) is 63.5 Å². The van der Waals surface area contributed by atoms with E-state index in [2.05, 4.69) is 11.4 Å². The zero-order valence-corrected chi connectivity index (χ0v) is 38.5. The summed E-state index contributed by atoms with van der Waals surface area (Å²) in [4.78, 5) is 43.0. The molecule has 0 spiro atoms. The normalized spacial score (nSPS) is 14.2. The van der Waals surface area contributed by atoms with Crippen LogP contribution < -0.4 is 0 Å². The lowest BCUT2D eigenvalue weighted by Gasteiger charge is -2.18. The van der Waals surface area contributed by atoms with Gasteiger partial charge in [-0.05, 0) is 38.5 Å². The summed E-state index contributed by atoms with van der Waals surface area (Å²) < 4.78 is 26.3. The number of unbranched alkanes of at least 4 members (excludes halogenated alkanes) is 20. The molecule has 10 nitrogen and oxygen atoms in total. The first-order valence-corrected chi connectivity index (χ1v) is 25.0. The number of phosphoric acid groups is 1. The van der Waals surface area contributed by atoms with E-state index < -0.39 is 44.7 Å². The van der Waals surface area contributed by atoms with Crippen LogP contribution in [0.5, 0.6) is 0 Å². The maximum Gasteiger partial charge on any atom is 0.469 e. The fourth-order valence-corrected chi connectivity index (χ4v) is 6.76. The molecule has 0 radical (unpaired) electrons.